The Morgan fingerprint density at radius 1 is 1.19 bits per heavy atom. The lowest BCUT2D eigenvalue weighted by Crippen LogP contribution is -2.17. The molecule has 1 aromatic carbocycles. The summed E-state index contributed by atoms with van der Waals surface area (Å²) in [5.41, 5.74) is 1.93. The van der Waals surface area contributed by atoms with Crippen molar-refractivity contribution in [1.82, 2.24) is 5.32 Å². The molecule has 1 unspecified atom stereocenters. The van der Waals surface area contributed by atoms with Crippen molar-refractivity contribution in [2.24, 2.45) is 0 Å². The van der Waals surface area contributed by atoms with Gasteiger partial charge in [0.1, 0.15) is 0 Å². The summed E-state index contributed by atoms with van der Waals surface area (Å²) >= 11 is 6.42. The van der Waals surface area contributed by atoms with Crippen LogP contribution in [0.2, 0.25) is 5.02 Å². The van der Waals surface area contributed by atoms with Gasteiger partial charge in [-0.15, -0.1) is 0 Å². The third kappa shape index (κ3) is 3.52. The van der Waals surface area contributed by atoms with Crippen LogP contribution in [0.15, 0.2) is 35.1 Å². The van der Waals surface area contributed by atoms with Crippen LogP contribution in [0.4, 0.5) is 0 Å². The van der Waals surface area contributed by atoms with E-state index in [-0.39, 0.29) is 6.04 Å². The van der Waals surface area contributed by atoms with E-state index in [2.05, 4.69) is 5.32 Å². The van der Waals surface area contributed by atoms with Crippen molar-refractivity contribution in [3.05, 3.63) is 46.9 Å². The monoisotopic (exact) mass is 309 g/mol. The first kappa shape index (κ1) is 15.7. The number of benzene rings is 1. The van der Waals surface area contributed by atoms with Crippen molar-refractivity contribution < 1.29 is 13.9 Å². The molecular formula is C16H20ClNO3. The Bertz CT molecular complexity index is 569. The molecule has 2 rings (SSSR count). The van der Waals surface area contributed by atoms with Gasteiger partial charge in [0.2, 0.25) is 0 Å². The number of ether oxygens (including phenoxy) is 2. The SMILES string of the molecule is CCOc1cc(Cl)c(C(NC)c2ccoc2)cc1OCC. The van der Waals surface area contributed by atoms with Gasteiger partial charge in [-0.05, 0) is 38.6 Å². The highest BCUT2D eigenvalue weighted by Gasteiger charge is 2.20. The average Bonchev–Trinajstić information content (AvgIpc) is 2.98. The summed E-state index contributed by atoms with van der Waals surface area (Å²) in [5.74, 6) is 1.36. The Kier molecular flexibility index (Phi) is 5.53. The Labute approximate surface area is 130 Å². The number of halogens is 1. The molecule has 0 aliphatic rings. The molecule has 0 spiro atoms. The molecule has 2 aromatic rings. The van der Waals surface area contributed by atoms with Crippen molar-refractivity contribution in [1.29, 1.82) is 0 Å². The van der Waals surface area contributed by atoms with Crippen molar-refractivity contribution in [2.75, 3.05) is 20.3 Å². The standard InChI is InChI=1S/C16H20ClNO3/c1-4-20-14-8-12(13(17)9-15(14)21-5-2)16(18-3)11-6-7-19-10-11/h6-10,16,18H,4-5H2,1-3H3. The highest BCUT2D eigenvalue weighted by Crippen LogP contribution is 2.38. The van der Waals surface area contributed by atoms with Crippen LogP contribution in [-0.4, -0.2) is 20.3 Å². The van der Waals surface area contributed by atoms with Crippen LogP contribution in [0.25, 0.3) is 0 Å². The lowest BCUT2D eigenvalue weighted by Gasteiger charge is -2.19. The van der Waals surface area contributed by atoms with Gasteiger partial charge < -0.3 is 19.2 Å². The van der Waals surface area contributed by atoms with Gasteiger partial charge in [-0.3, -0.25) is 0 Å². The number of rotatable bonds is 7. The lowest BCUT2D eigenvalue weighted by atomic mass is 10.0. The van der Waals surface area contributed by atoms with E-state index in [4.69, 9.17) is 25.5 Å². The van der Waals surface area contributed by atoms with Crippen LogP contribution in [0.1, 0.15) is 31.0 Å². The van der Waals surface area contributed by atoms with Crippen LogP contribution in [-0.2, 0) is 0 Å². The lowest BCUT2D eigenvalue weighted by molar-refractivity contribution is 0.287. The van der Waals surface area contributed by atoms with E-state index in [0.29, 0.717) is 29.7 Å². The van der Waals surface area contributed by atoms with E-state index >= 15 is 0 Å². The van der Waals surface area contributed by atoms with Crippen LogP contribution < -0.4 is 14.8 Å². The minimum atomic E-state index is -0.0638. The quantitative estimate of drug-likeness (QED) is 0.838. The summed E-state index contributed by atoms with van der Waals surface area (Å²) < 4.78 is 16.4. The van der Waals surface area contributed by atoms with Crippen LogP contribution >= 0.6 is 11.6 Å². The molecule has 0 saturated carbocycles. The largest absolute Gasteiger partial charge is 0.490 e. The maximum Gasteiger partial charge on any atom is 0.162 e. The summed E-state index contributed by atoms with van der Waals surface area (Å²) in [6, 6.07) is 5.57. The number of hydrogen-bond donors (Lipinski definition) is 1. The molecule has 1 N–H and O–H groups in total. The van der Waals surface area contributed by atoms with Gasteiger partial charge in [0.25, 0.3) is 0 Å². The van der Waals surface area contributed by atoms with Crippen molar-refractivity contribution in [2.45, 2.75) is 19.9 Å². The second kappa shape index (κ2) is 7.38. The molecule has 1 aromatic heterocycles. The normalized spacial score (nSPS) is 12.2. The molecule has 5 heteroatoms. The fraction of sp³-hybridized carbons (Fsp3) is 0.375. The Morgan fingerprint density at radius 3 is 2.38 bits per heavy atom. The predicted octanol–water partition coefficient (Wildman–Crippen LogP) is 4.04. The predicted molar refractivity (Wildman–Crippen MR) is 83.4 cm³/mol. The van der Waals surface area contributed by atoms with E-state index in [0.717, 1.165) is 11.1 Å². The Balaban J connectivity index is 2.45. The topological polar surface area (TPSA) is 43.6 Å². The molecule has 114 valence electrons. The zero-order valence-electron chi connectivity index (χ0n) is 12.5. The van der Waals surface area contributed by atoms with Crippen molar-refractivity contribution in [3.63, 3.8) is 0 Å². The summed E-state index contributed by atoms with van der Waals surface area (Å²) in [4.78, 5) is 0. The van der Waals surface area contributed by atoms with E-state index in [1.807, 2.05) is 33.0 Å². The van der Waals surface area contributed by atoms with Gasteiger partial charge in [0.15, 0.2) is 11.5 Å². The average molecular weight is 310 g/mol. The molecule has 1 heterocycles. The minimum Gasteiger partial charge on any atom is -0.490 e. The van der Waals surface area contributed by atoms with E-state index in [9.17, 15) is 0 Å². The number of hydrogen-bond acceptors (Lipinski definition) is 4. The van der Waals surface area contributed by atoms with Crippen molar-refractivity contribution >= 4 is 11.6 Å². The smallest absolute Gasteiger partial charge is 0.162 e. The summed E-state index contributed by atoms with van der Waals surface area (Å²) in [6.07, 6.45) is 3.35. The van der Waals surface area contributed by atoms with Gasteiger partial charge in [-0.25, -0.2) is 0 Å². The van der Waals surface area contributed by atoms with Crippen LogP contribution in [0, 0.1) is 0 Å². The molecule has 0 saturated heterocycles. The molecule has 0 aliphatic heterocycles. The molecular weight excluding hydrogens is 290 g/mol. The molecule has 1 atom stereocenters. The van der Waals surface area contributed by atoms with Crippen LogP contribution in [0.5, 0.6) is 11.5 Å². The maximum atomic E-state index is 6.42. The van der Waals surface area contributed by atoms with Crippen LogP contribution in [0.3, 0.4) is 0 Å². The molecule has 0 aliphatic carbocycles. The summed E-state index contributed by atoms with van der Waals surface area (Å²) in [6.45, 7) is 5.00. The molecule has 0 bridgehead atoms. The highest BCUT2D eigenvalue weighted by molar-refractivity contribution is 6.31. The first-order valence-electron chi connectivity index (χ1n) is 6.99. The zero-order chi connectivity index (χ0) is 15.2. The highest BCUT2D eigenvalue weighted by atomic mass is 35.5. The first-order valence-corrected chi connectivity index (χ1v) is 7.37. The molecule has 0 fully saturated rings. The Morgan fingerprint density at radius 2 is 1.86 bits per heavy atom. The van der Waals surface area contributed by atoms with Crippen molar-refractivity contribution in [3.8, 4) is 11.5 Å². The van der Waals surface area contributed by atoms with E-state index in [1.54, 1.807) is 18.6 Å². The first-order chi connectivity index (χ1) is 10.2. The molecule has 0 amide bonds. The third-order valence-electron chi connectivity index (χ3n) is 3.14. The molecule has 21 heavy (non-hydrogen) atoms. The van der Waals surface area contributed by atoms with Gasteiger partial charge in [0.05, 0.1) is 31.8 Å². The second-order valence-electron chi connectivity index (χ2n) is 4.46. The third-order valence-corrected chi connectivity index (χ3v) is 3.47. The number of furan rings is 1. The second-order valence-corrected chi connectivity index (χ2v) is 4.87. The van der Waals surface area contributed by atoms with E-state index < -0.39 is 0 Å². The van der Waals surface area contributed by atoms with Gasteiger partial charge in [-0.1, -0.05) is 11.6 Å². The minimum absolute atomic E-state index is 0.0638. The molecule has 0 radical (unpaired) electrons. The maximum absolute atomic E-state index is 6.42. The van der Waals surface area contributed by atoms with Gasteiger partial charge in [-0.2, -0.15) is 0 Å². The van der Waals surface area contributed by atoms with Gasteiger partial charge in [0, 0.05) is 16.7 Å². The fourth-order valence-corrected chi connectivity index (χ4v) is 2.51. The van der Waals surface area contributed by atoms with Gasteiger partial charge >= 0.3 is 0 Å². The molecule has 4 nitrogen and oxygen atoms in total. The number of nitrogens with one attached hydrogen (secondary N) is 1. The Hall–Kier alpha value is -1.65. The summed E-state index contributed by atoms with van der Waals surface area (Å²) in [5, 5.41) is 3.87. The fourth-order valence-electron chi connectivity index (χ4n) is 2.25. The van der Waals surface area contributed by atoms with E-state index in [1.165, 1.54) is 0 Å². The zero-order valence-corrected chi connectivity index (χ0v) is 13.2. The summed E-state index contributed by atoms with van der Waals surface area (Å²) in [7, 11) is 1.88.